The van der Waals surface area contributed by atoms with Crippen LogP contribution in [0.25, 0.3) is 0 Å². The van der Waals surface area contributed by atoms with Gasteiger partial charge in [-0.25, -0.2) is 0 Å². The van der Waals surface area contributed by atoms with E-state index in [0.29, 0.717) is 24.2 Å². The van der Waals surface area contributed by atoms with Crippen molar-refractivity contribution in [3.63, 3.8) is 0 Å². The number of nitrogens with zero attached hydrogens (tertiary/aromatic N) is 2. The van der Waals surface area contributed by atoms with Crippen LogP contribution in [0.2, 0.25) is 0 Å². The normalized spacial score (nSPS) is 13.2. The first-order valence-corrected chi connectivity index (χ1v) is 8.85. The number of hydrogen-bond acceptors (Lipinski definition) is 3. The highest BCUT2D eigenvalue weighted by atomic mass is 16.2. The third-order valence-electron chi connectivity index (χ3n) is 4.55. The lowest BCUT2D eigenvalue weighted by Gasteiger charge is -2.20. The van der Waals surface area contributed by atoms with Crippen molar-refractivity contribution >= 4 is 11.8 Å². The smallest absolute Gasteiger partial charge is 0.261 e. The third kappa shape index (κ3) is 4.01. The topological polar surface area (TPSA) is 40.6 Å². The van der Waals surface area contributed by atoms with Gasteiger partial charge in [-0.3, -0.25) is 19.4 Å². The Labute approximate surface area is 154 Å². The molecule has 1 aliphatic rings. The van der Waals surface area contributed by atoms with Crippen LogP contribution in [-0.2, 0) is 6.54 Å². The lowest BCUT2D eigenvalue weighted by Crippen LogP contribution is -2.31. The van der Waals surface area contributed by atoms with E-state index in [1.165, 1.54) is 10.5 Å². The predicted octanol–water partition coefficient (Wildman–Crippen LogP) is 3.20. The van der Waals surface area contributed by atoms with Gasteiger partial charge < -0.3 is 0 Å². The third-order valence-corrected chi connectivity index (χ3v) is 4.55. The second-order valence-electron chi connectivity index (χ2n) is 6.42. The van der Waals surface area contributed by atoms with Crippen molar-refractivity contribution in [3.05, 3.63) is 71.3 Å². The summed E-state index contributed by atoms with van der Waals surface area (Å²) in [7, 11) is 0. The van der Waals surface area contributed by atoms with Crippen LogP contribution in [-0.4, -0.2) is 41.2 Å². The molecule has 0 N–H and O–H groups in total. The predicted molar refractivity (Wildman–Crippen MR) is 102 cm³/mol. The van der Waals surface area contributed by atoms with Crippen LogP contribution in [0, 0.1) is 12.3 Å². The van der Waals surface area contributed by atoms with E-state index in [1.54, 1.807) is 24.3 Å². The summed E-state index contributed by atoms with van der Waals surface area (Å²) in [6.45, 7) is 2.67. The van der Waals surface area contributed by atoms with Crippen LogP contribution in [0.1, 0.15) is 39.1 Å². The van der Waals surface area contributed by atoms with Crippen LogP contribution >= 0.6 is 0 Å². The molecule has 1 aliphatic heterocycles. The molecule has 132 valence electrons. The Hall–Kier alpha value is -2.90. The van der Waals surface area contributed by atoms with Crippen molar-refractivity contribution < 1.29 is 9.59 Å². The van der Waals surface area contributed by atoms with Crippen LogP contribution in [0.3, 0.4) is 0 Å². The number of benzene rings is 2. The molecule has 2 aromatic rings. The van der Waals surface area contributed by atoms with Crippen LogP contribution in [0.4, 0.5) is 0 Å². The molecule has 0 spiro atoms. The molecule has 26 heavy (non-hydrogen) atoms. The second kappa shape index (κ2) is 8.46. The number of hydrogen-bond donors (Lipinski definition) is 0. The summed E-state index contributed by atoms with van der Waals surface area (Å²) in [6, 6.07) is 17.2. The molecule has 0 atom stereocenters. The minimum Gasteiger partial charge on any atom is -0.288 e. The molecule has 0 bridgehead atoms. The Balaban J connectivity index is 1.49. The van der Waals surface area contributed by atoms with Gasteiger partial charge in [0.15, 0.2) is 0 Å². The number of imide groups is 1. The van der Waals surface area contributed by atoms with Gasteiger partial charge in [0.2, 0.25) is 0 Å². The number of fused-ring (bicyclic) bond motifs is 1. The first-order valence-electron chi connectivity index (χ1n) is 8.85. The zero-order valence-electron chi connectivity index (χ0n) is 14.7. The standard InChI is InChI=1S/C22H22N2O2/c1-2-14-23(17-18-10-4-3-5-11-18)15-8-9-16-24-21(25)19-12-6-7-13-20(19)22(24)26/h1,3-7,10-13H,8-9,14-17H2. The van der Waals surface area contributed by atoms with Gasteiger partial charge >= 0.3 is 0 Å². The Morgan fingerprint density at radius 1 is 0.885 bits per heavy atom. The van der Waals surface area contributed by atoms with E-state index in [2.05, 4.69) is 23.0 Å². The summed E-state index contributed by atoms with van der Waals surface area (Å²) >= 11 is 0. The first-order chi connectivity index (χ1) is 12.7. The van der Waals surface area contributed by atoms with E-state index in [4.69, 9.17) is 6.42 Å². The maximum Gasteiger partial charge on any atom is 0.261 e. The van der Waals surface area contributed by atoms with Gasteiger partial charge in [-0.2, -0.15) is 0 Å². The number of terminal acetylenes is 1. The molecular weight excluding hydrogens is 324 g/mol. The van der Waals surface area contributed by atoms with E-state index in [1.807, 2.05) is 18.2 Å². The largest absolute Gasteiger partial charge is 0.288 e. The SMILES string of the molecule is C#CCN(CCCCN1C(=O)c2ccccc2C1=O)Cc1ccccc1. The van der Waals surface area contributed by atoms with Gasteiger partial charge in [-0.05, 0) is 37.1 Å². The molecule has 0 aromatic heterocycles. The number of unbranched alkanes of at least 4 members (excludes halogenated alkanes) is 1. The molecule has 4 nitrogen and oxygen atoms in total. The summed E-state index contributed by atoms with van der Waals surface area (Å²) in [4.78, 5) is 28.3. The average molecular weight is 346 g/mol. The average Bonchev–Trinajstić information content (AvgIpc) is 2.91. The summed E-state index contributed by atoms with van der Waals surface area (Å²) in [5, 5.41) is 0. The van der Waals surface area contributed by atoms with Gasteiger partial charge in [0, 0.05) is 13.1 Å². The van der Waals surface area contributed by atoms with Crippen molar-refractivity contribution in [2.45, 2.75) is 19.4 Å². The molecule has 0 aliphatic carbocycles. The maximum absolute atomic E-state index is 12.3. The molecule has 0 fully saturated rings. The van der Waals surface area contributed by atoms with Gasteiger partial charge in [0.25, 0.3) is 11.8 Å². The van der Waals surface area contributed by atoms with E-state index in [9.17, 15) is 9.59 Å². The highest BCUT2D eigenvalue weighted by Gasteiger charge is 2.34. The van der Waals surface area contributed by atoms with E-state index >= 15 is 0 Å². The van der Waals surface area contributed by atoms with Gasteiger partial charge in [0.05, 0.1) is 17.7 Å². The van der Waals surface area contributed by atoms with E-state index in [-0.39, 0.29) is 11.8 Å². The van der Waals surface area contributed by atoms with Crippen molar-refractivity contribution in [1.82, 2.24) is 9.80 Å². The number of carbonyl (C=O) groups is 2. The summed E-state index contributed by atoms with van der Waals surface area (Å²) < 4.78 is 0. The lowest BCUT2D eigenvalue weighted by atomic mass is 10.1. The number of amides is 2. The minimum atomic E-state index is -0.185. The molecule has 0 saturated carbocycles. The van der Waals surface area contributed by atoms with Gasteiger partial charge in [-0.1, -0.05) is 48.4 Å². The van der Waals surface area contributed by atoms with Crippen molar-refractivity contribution in [3.8, 4) is 12.3 Å². The van der Waals surface area contributed by atoms with Crippen molar-refractivity contribution in [2.24, 2.45) is 0 Å². The summed E-state index contributed by atoms with van der Waals surface area (Å²) in [5.41, 5.74) is 2.24. The van der Waals surface area contributed by atoms with Crippen LogP contribution in [0.15, 0.2) is 54.6 Å². The molecule has 2 amide bonds. The molecule has 0 saturated heterocycles. The Morgan fingerprint density at radius 2 is 1.50 bits per heavy atom. The Morgan fingerprint density at radius 3 is 2.12 bits per heavy atom. The molecule has 4 heteroatoms. The summed E-state index contributed by atoms with van der Waals surface area (Å²) in [6.07, 6.45) is 7.12. The second-order valence-corrected chi connectivity index (χ2v) is 6.42. The molecule has 1 heterocycles. The summed E-state index contributed by atoms with van der Waals surface area (Å²) in [5.74, 6) is 2.33. The van der Waals surface area contributed by atoms with Crippen LogP contribution in [0.5, 0.6) is 0 Å². The number of rotatable bonds is 8. The molecule has 0 unspecified atom stereocenters. The zero-order valence-corrected chi connectivity index (χ0v) is 14.7. The maximum atomic E-state index is 12.3. The van der Waals surface area contributed by atoms with Crippen LogP contribution < -0.4 is 0 Å². The van der Waals surface area contributed by atoms with E-state index < -0.39 is 0 Å². The molecule has 2 aromatic carbocycles. The highest BCUT2D eigenvalue weighted by molar-refractivity contribution is 6.21. The number of carbonyl (C=O) groups excluding carboxylic acids is 2. The minimum absolute atomic E-state index is 0.185. The fourth-order valence-electron chi connectivity index (χ4n) is 3.23. The molecular formula is C22H22N2O2. The van der Waals surface area contributed by atoms with Crippen molar-refractivity contribution in [1.29, 1.82) is 0 Å². The Bertz CT molecular complexity index is 789. The fourth-order valence-corrected chi connectivity index (χ4v) is 3.23. The van der Waals surface area contributed by atoms with Gasteiger partial charge in [-0.15, -0.1) is 6.42 Å². The molecule has 3 rings (SSSR count). The van der Waals surface area contributed by atoms with Gasteiger partial charge in [0.1, 0.15) is 0 Å². The molecule has 0 radical (unpaired) electrons. The van der Waals surface area contributed by atoms with E-state index in [0.717, 1.165) is 25.9 Å². The lowest BCUT2D eigenvalue weighted by molar-refractivity contribution is 0.0650. The van der Waals surface area contributed by atoms with Crippen molar-refractivity contribution in [2.75, 3.05) is 19.6 Å². The first kappa shape index (κ1) is 17.9. The monoisotopic (exact) mass is 346 g/mol. The highest BCUT2D eigenvalue weighted by Crippen LogP contribution is 2.22. The quantitative estimate of drug-likeness (QED) is 0.419. The zero-order chi connectivity index (χ0) is 18.4. The Kier molecular flexibility index (Phi) is 5.83. The fraction of sp³-hybridized carbons (Fsp3) is 0.273.